The standard InChI is InChI=1S/C21H22N2O4S/c24-19(18-2-1-13-28-18)22-16-5-7-17(8-6-16)27-21(26)15-9-11-23(12-10-15)20(25)14-3-4-14/h1-2,5-8,13-15H,3-4,9-12H2,(H,22,24). The van der Waals surface area contributed by atoms with Crippen LogP contribution in [0, 0.1) is 11.8 Å². The number of esters is 1. The van der Waals surface area contributed by atoms with E-state index in [-0.39, 0.29) is 29.6 Å². The fraction of sp³-hybridized carbons (Fsp3) is 0.381. The normalized spacial score (nSPS) is 17.2. The zero-order valence-corrected chi connectivity index (χ0v) is 16.2. The highest BCUT2D eigenvalue weighted by atomic mass is 32.1. The summed E-state index contributed by atoms with van der Waals surface area (Å²) in [6.07, 6.45) is 3.30. The molecular weight excluding hydrogens is 376 g/mol. The number of ether oxygens (including phenoxy) is 1. The highest BCUT2D eigenvalue weighted by Crippen LogP contribution is 2.32. The van der Waals surface area contributed by atoms with E-state index in [1.807, 2.05) is 16.3 Å². The maximum absolute atomic E-state index is 12.4. The van der Waals surface area contributed by atoms with Gasteiger partial charge >= 0.3 is 5.97 Å². The van der Waals surface area contributed by atoms with Crippen molar-refractivity contribution < 1.29 is 19.1 Å². The molecule has 0 bridgehead atoms. The summed E-state index contributed by atoms with van der Waals surface area (Å²) in [5.41, 5.74) is 0.644. The number of rotatable bonds is 5. The number of piperidine rings is 1. The largest absolute Gasteiger partial charge is 0.426 e. The molecule has 2 amide bonds. The number of carbonyl (C=O) groups is 3. The monoisotopic (exact) mass is 398 g/mol. The maximum atomic E-state index is 12.4. The number of nitrogens with zero attached hydrogens (tertiary/aromatic N) is 1. The van der Waals surface area contributed by atoms with E-state index < -0.39 is 0 Å². The van der Waals surface area contributed by atoms with Crippen molar-refractivity contribution in [3.05, 3.63) is 46.7 Å². The Bertz CT molecular complexity index is 851. The molecule has 1 aromatic carbocycles. The Balaban J connectivity index is 1.26. The van der Waals surface area contributed by atoms with E-state index in [2.05, 4.69) is 5.32 Å². The van der Waals surface area contributed by atoms with E-state index in [1.54, 1.807) is 30.3 Å². The average molecular weight is 398 g/mol. The van der Waals surface area contributed by atoms with Gasteiger partial charge in [0.25, 0.3) is 5.91 Å². The average Bonchev–Trinajstić information content (AvgIpc) is 3.42. The van der Waals surface area contributed by atoms with Gasteiger partial charge in [0.05, 0.1) is 10.8 Å². The molecule has 1 saturated carbocycles. The minimum Gasteiger partial charge on any atom is -0.426 e. The molecule has 1 saturated heterocycles. The molecule has 0 unspecified atom stereocenters. The van der Waals surface area contributed by atoms with Crippen molar-refractivity contribution in [2.24, 2.45) is 11.8 Å². The van der Waals surface area contributed by atoms with Crippen LogP contribution in [0.2, 0.25) is 0 Å². The van der Waals surface area contributed by atoms with Crippen LogP contribution in [0.1, 0.15) is 35.4 Å². The zero-order chi connectivity index (χ0) is 19.5. The maximum Gasteiger partial charge on any atom is 0.314 e. The number of likely N-dealkylation sites (tertiary alicyclic amines) is 1. The molecule has 1 aliphatic heterocycles. The minimum atomic E-state index is -0.256. The first kappa shape index (κ1) is 18.7. The Kier molecular flexibility index (Phi) is 5.43. The van der Waals surface area contributed by atoms with Gasteiger partial charge in [0, 0.05) is 24.7 Å². The summed E-state index contributed by atoms with van der Waals surface area (Å²) in [7, 11) is 0. The summed E-state index contributed by atoms with van der Waals surface area (Å²) in [4.78, 5) is 39.1. The van der Waals surface area contributed by atoms with Crippen LogP contribution >= 0.6 is 11.3 Å². The number of carbonyl (C=O) groups excluding carboxylic acids is 3. The predicted octanol–water partition coefficient (Wildman–Crippen LogP) is 3.55. The Morgan fingerprint density at radius 2 is 1.68 bits per heavy atom. The van der Waals surface area contributed by atoms with Gasteiger partial charge in [-0.15, -0.1) is 11.3 Å². The lowest BCUT2D eigenvalue weighted by molar-refractivity contribution is -0.143. The molecule has 1 aromatic heterocycles. The van der Waals surface area contributed by atoms with Crippen molar-refractivity contribution >= 4 is 34.8 Å². The van der Waals surface area contributed by atoms with E-state index in [0.29, 0.717) is 42.2 Å². The Morgan fingerprint density at radius 3 is 2.29 bits per heavy atom. The highest BCUT2D eigenvalue weighted by Gasteiger charge is 2.36. The van der Waals surface area contributed by atoms with E-state index in [0.717, 1.165) is 12.8 Å². The van der Waals surface area contributed by atoms with Gasteiger partial charge in [0.1, 0.15) is 5.75 Å². The van der Waals surface area contributed by atoms with Gasteiger partial charge in [-0.1, -0.05) is 6.07 Å². The molecular formula is C21H22N2O4S. The molecule has 6 nitrogen and oxygen atoms in total. The first-order chi connectivity index (χ1) is 13.6. The third-order valence-corrected chi connectivity index (χ3v) is 6.01. The van der Waals surface area contributed by atoms with Crippen molar-refractivity contribution in [2.75, 3.05) is 18.4 Å². The number of thiophene rings is 1. The number of hydrogen-bond donors (Lipinski definition) is 1. The Morgan fingerprint density at radius 1 is 0.964 bits per heavy atom. The second-order valence-corrected chi connectivity index (χ2v) is 8.20. The third kappa shape index (κ3) is 4.42. The van der Waals surface area contributed by atoms with Crippen molar-refractivity contribution in [1.82, 2.24) is 4.90 Å². The van der Waals surface area contributed by atoms with Crippen molar-refractivity contribution in [1.29, 1.82) is 0 Å². The minimum absolute atomic E-state index is 0.160. The summed E-state index contributed by atoms with van der Waals surface area (Å²) in [6, 6.07) is 10.4. The second kappa shape index (κ2) is 8.14. The molecule has 0 atom stereocenters. The van der Waals surface area contributed by atoms with Crippen LogP contribution in [0.15, 0.2) is 41.8 Å². The summed E-state index contributed by atoms with van der Waals surface area (Å²) in [5, 5.41) is 4.66. The summed E-state index contributed by atoms with van der Waals surface area (Å²) in [5.74, 6) is 0.326. The molecule has 2 fully saturated rings. The lowest BCUT2D eigenvalue weighted by Crippen LogP contribution is -2.41. The molecule has 28 heavy (non-hydrogen) atoms. The van der Waals surface area contributed by atoms with E-state index in [9.17, 15) is 14.4 Å². The zero-order valence-electron chi connectivity index (χ0n) is 15.4. The molecule has 0 spiro atoms. The number of anilines is 1. The number of benzene rings is 1. The van der Waals surface area contributed by atoms with Gasteiger partial charge in [-0.2, -0.15) is 0 Å². The second-order valence-electron chi connectivity index (χ2n) is 7.25. The van der Waals surface area contributed by atoms with Crippen molar-refractivity contribution in [3.8, 4) is 5.75 Å². The van der Waals surface area contributed by atoms with E-state index in [4.69, 9.17) is 4.74 Å². The first-order valence-corrected chi connectivity index (χ1v) is 10.4. The highest BCUT2D eigenvalue weighted by molar-refractivity contribution is 7.12. The van der Waals surface area contributed by atoms with Gasteiger partial charge in [0.2, 0.25) is 5.91 Å². The molecule has 1 N–H and O–H groups in total. The van der Waals surface area contributed by atoms with Crippen LogP contribution in [0.4, 0.5) is 5.69 Å². The van der Waals surface area contributed by atoms with Crippen LogP contribution in [-0.4, -0.2) is 35.8 Å². The predicted molar refractivity (Wildman–Crippen MR) is 106 cm³/mol. The Hall–Kier alpha value is -2.67. The lowest BCUT2D eigenvalue weighted by atomic mass is 9.96. The fourth-order valence-corrected chi connectivity index (χ4v) is 3.95. The molecule has 2 heterocycles. The molecule has 4 rings (SSSR count). The van der Waals surface area contributed by atoms with E-state index >= 15 is 0 Å². The lowest BCUT2D eigenvalue weighted by Gasteiger charge is -2.31. The molecule has 7 heteroatoms. The summed E-state index contributed by atoms with van der Waals surface area (Å²) in [6.45, 7) is 1.26. The van der Waals surface area contributed by atoms with Crippen LogP contribution in [0.3, 0.4) is 0 Å². The molecule has 1 aliphatic carbocycles. The SMILES string of the molecule is O=C(Nc1ccc(OC(=O)C2CCN(C(=O)C3CC3)CC2)cc1)c1cccs1. The topological polar surface area (TPSA) is 75.7 Å². The van der Waals surface area contributed by atoms with Crippen molar-refractivity contribution in [3.63, 3.8) is 0 Å². The quantitative estimate of drug-likeness (QED) is 0.617. The smallest absolute Gasteiger partial charge is 0.314 e. The number of amides is 2. The molecule has 2 aliphatic rings. The first-order valence-electron chi connectivity index (χ1n) is 9.55. The number of hydrogen-bond acceptors (Lipinski definition) is 5. The van der Waals surface area contributed by atoms with Gasteiger partial charge < -0.3 is 15.0 Å². The Labute approximate surface area is 167 Å². The molecule has 146 valence electrons. The van der Waals surface area contributed by atoms with Gasteiger partial charge in [-0.25, -0.2) is 0 Å². The summed E-state index contributed by atoms with van der Waals surface area (Å²) < 4.78 is 5.49. The van der Waals surface area contributed by atoms with Crippen molar-refractivity contribution in [2.45, 2.75) is 25.7 Å². The van der Waals surface area contributed by atoms with Gasteiger partial charge in [0.15, 0.2) is 0 Å². The van der Waals surface area contributed by atoms with Crippen LogP contribution < -0.4 is 10.1 Å². The van der Waals surface area contributed by atoms with E-state index in [1.165, 1.54) is 11.3 Å². The molecule has 0 radical (unpaired) electrons. The third-order valence-electron chi connectivity index (χ3n) is 5.14. The van der Waals surface area contributed by atoms with Crippen LogP contribution in [-0.2, 0) is 9.59 Å². The van der Waals surface area contributed by atoms with Gasteiger partial charge in [-0.3, -0.25) is 14.4 Å². The fourth-order valence-electron chi connectivity index (χ4n) is 3.33. The molecule has 2 aromatic rings. The van der Waals surface area contributed by atoms with Crippen LogP contribution in [0.25, 0.3) is 0 Å². The number of nitrogens with one attached hydrogen (secondary N) is 1. The van der Waals surface area contributed by atoms with Gasteiger partial charge in [-0.05, 0) is 61.4 Å². The summed E-state index contributed by atoms with van der Waals surface area (Å²) >= 11 is 1.38. The van der Waals surface area contributed by atoms with Crippen LogP contribution in [0.5, 0.6) is 5.75 Å².